The molecule has 0 atom stereocenters. The Morgan fingerprint density at radius 3 is 2.96 bits per heavy atom. The van der Waals surface area contributed by atoms with Crippen LogP contribution in [0.15, 0.2) is 30.3 Å². The minimum atomic E-state index is 0.345. The van der Waals surface area contributed by atoms with Crippen LogP contribution in [0.5, 0.6) is 11.5 Å². The predicted molar refractivity (Wildman–Crippen MR) is 87.3 cm³/mol. The van der Waals surface area contributed by atoms with Crippen molar-refractivity contribution in [3.8, 4) is 11.5 Å². The number of unbranched alkanes of at least 4 members (excludes halogenated alkanes) is 1. The Balaban J connectivity index is 1.70. The number of nitrogen functional groups attached to an aromatic ring is 1. The van der Waals surface area contributed by atoms with Crippen LogP contribution in [0, 0.1) is 0 Å². The van der Waals surface area contributed by atoms with Crippen LogP contribution in [0.3, 0.4) is 0 Å². The van der Waals surface area contributed by atoms with Crippen LogP contribution in [-0.4, -0.2) is 27.0 Å². The molecular weight excluding hydrogens is 294 g/mol. The van der Waals surface area contributed by atoms with Crippen LogP contribution in [0.25, 0.3) is 11.2 Å². The van der Waals surface area contributed by atoms with E-state index in [1.54, 1.807) is 6.07 Å². The van der Waals surface area contributed by atoms with Crippen LogP contribution in [0.1, 0.15) is 25.3 Å². The van der Waals surface area contributed by atoms with E-state index in [4.69, 9.17) is 15.2 Å². The maximum atomic E-state index is 5.83. The number of anilines is 1. The third kappa shape index (κ3) is 3.68. The van der Waals surface area contributed by atoms with Crippen LogP contribution >= 0.6 is 0 Å². The third-order valence-electron chi connectivity index (χ3n) is 3.34. The van der Waals surface area contributed by atoms with Crippen molar-refractivity contribution in [1.29, 1.82) is 0 Å². The Hall–Kier alpha value is -2.83. The third-order valence-corrected chi connectivity index (χ3v) is 3.34. The van der Waals surface area contributed by atoms with Crippen molar-refractivity contribution in [2.75, 3.05) is 12.3 Å². The molecule has 0 amide bonds. The molecule has 23 heavy (non-hydrogen) atoms. The number of nitrogens with one attached hydrogen (secondary N) is 1. The zero-order valence-electron chi connectivity index (χ0n) is 13.0. The van der Waals surface area contributed by atoms with Crippen LogP contribution in [0.2, 0.25) is 0 Å². The number of H-pyrrole nitrogens is 1. The molecule has 3 N–H and O–H groups in total. The van der Waals surface area contributed by atoms with E-state index in [9.17, 15) is 0 Å². The van der Waals surface area contributed by atoms with Gasteiger partial charge in [0.15, 0.2) is 11.3 Å². The number of benzene rings is 1. The van der Waals surface area contributed by atoms with E-state index in [2.05, 4.69) is 27.3 Å². The van der Waals surface area contributed by atoms with Crippen LogP contribution in [-0.2, 0) is 6.61 Å². The number of ether oxygens (including phenoxy) is 2. The van der Waals surface area contributed by atoms with Gasteiger partial charge in [0.2, 0.25) is 5.65 Å². The average Bonchev–Trinajstić information content (AvgIpc) is 3.01. The highest BCUT2D eigenvalue weighted by molar-refractivity contribution is 5.78. The minimum absolute atomic E-state index is 0.345. The van der Waals surface area contributed by atoms with Crippen molar-refractivity contribution in [2.24, 2.45) is 0 Å². The van der Waals surface area contributed by atoms with Crippen molar-refractivity contribution >= 4 is 17.0 Å². The molecule has 0 saturated heterocycles. The van der Waals surface area contributed by atoms with Gasteiger partial charge in [-0.3, -0.25) is 0 Å². The topological polar surface area (TPSA) is 98.9 Å². The van der Waals surface area contributed by atoms with Crippen molar-refractivity contribution in [3.63, 3.8) is 0 Å². The molecule has 0 aliphatic heterocycles. The van der Waals surface area contributed by atoms with Gasteiger partial charge in [-0.2, -0.15) is 10.3 Å². The second kappa shape index (κ2) is 6.95. The van der Waals surface area contributed by atoms with E-state index < -0.39 is 0 Å². The highest BCUT2D eigenvalue weighted by Crippen LogP contribution is 2.24. The van der Waals surface area contributed by atoms with E-state index in [0.717, 1.165) is 30.8 Å². The Labute approximate surface area is 133 Å². The van der Waals surface area contributed by atoms with E-state index in [0.29, 0.717) is 29.3 Å². The molecule has 2 heterocycles. The van der Waals surface area contributed by atoms with Crippen molar-refractivity contribution < 1.29 is 9.47 Å². The van der Waals surface area contributed by atoms with Gasteiger partial charge >= 0.3 is 0 Å². The number of aromatic amines is 1. The Bertz CT molecular complexity index is 787. The zero-order valence-corrected chi connectivity index (χ0v) is 13.0. The van der Waals surface area contributed by atoms with E-state index >= 15 is 0 Å². The van der Waals surface area contributed by atoms with Gasteiger partial charge in [0.1, 0.15) is 18.2 Å². The second-order valence-electron chi connectivity index (χ2n) is 5.18. The largest absolute Gasteiger partial charge is 0.494 e. The summed E-state index contributed by atoms with van der Waals surface area (Å²) in [6.45, 7) is 3.25. The van der Waals surface area contributed by atoms with E-state index in [-0.39, 0.29) is 0 Å². The average molecular weight is 313 g/mol. The number of hydrogen-bond acceptors (Lipinski definition) is 6. The number of nitrogens with zero attached hydrogens (tertiary/aromatic N) is 3. The highest BCUT2D eigenvalue weighted by Gasteiger charge is 2.10. The molecule has 0 aliphatic carbocycles. The van der Waals surface area contributed by atoms with Crippen LogP contribution < -0.4 is 15.2 Å². The molecule has 3 rings (SSSR count). The summed E-state index contributed by atoms with van der Waals surface area (Å²) < 4.78 is 11.5. The lowest BCUT2D eigenvalue weighted by Gasteiger charge is -2.09. The summed E-state index contributed by atoms with van der Waals surface area (Å²) in [6.07, 6.45) is 2.15. The van der Waals surface area contributed by atoms with E-state index in [1.165, 1.54) is 0 Å². The molecule has 1 aromatic carbocycles. The summed E-state index contributed by atoms with van der Waals surface area (Å²) in [4.78, 5) is 4.08. The number of aromatic nitrogens is 4. The summed E-state index contributed by atoms with van der Waals surface area (Å²) in [5, 5.41) is 10.5. The van der Waals surface area contributed by atoms with Gasteiger partial charge in [0.25, 0.3) is 0 Å². The minimum Gasteiger partial charge on any atom is -0.494 e. The number of fused-ring (bicyclic) bond motifs is 1. The fourth-order valence-electron chi connectivity index (χ4n) is 2.16. The molecule has 0 spiro atoms. The lowest BCUT2D eigenvalue weighted by molar-refractivity contribution is 0.299. The quantitative estimate of drug-likeness (QED) is 0.651. The van der Waals surface area contributed by atoms with E-state index in [1.807, 2.05) is 24.3 Å². The Morgan fingerprint density at radius 1 is 1.17 bits per heavy atom. The monoisotopic (exact) mass is 313 g/mol. The van der Waals surface area contributed by atoms with Crippen LogP contribution in [0.4, 0.5) is 5.82 Å². The molecule has 0 radical (unpaired) electrons. The molecule has 2 aromatic heterocycles. The first kappa shape index (κ1) is 15.1. The Morgan fingerprint density at radius 2 is 2.09 bits per heavy atom. The molecule has 7 heteroatoms. The molecule has 0 unspecified atom stereocenters. The van der Waals surface area contributed by atoms with Gasteiger partial charge < -0.3 is 15.2 Å². The number of rotatable bonds is 7. The first-order valence-corrected chi connectivity index (χ1v) is 7.58. The molecule has 7 nitrogen and oxygen atoms in total. The number of pyridine rings is 1. The smallest absolute Gasteiger partial charge is 0.207 e. The first-order chi connectivity index (χ1) is 11.3. The normalized spacial score (nSPS) is 10.8. The summed E-state index contributed by atoms with van der Waals surface area (Å²) >= 11 is 0. The highest BCUT2D eigenvalue weighted by atomic mass is 16.5. The summed E-state index contributed by atoms with van der Waals surface area (Å²) in [6, 6.07) is 9.50. The fraction of sp³-hybridized carbons (Fsp3) is 0.312. The number of nitrogens with two attached hydrogens (primary N) is 1. The molecular formula is C16H19N5O2. The maximum absolute atomic E-state index is 5.83. The van der Waals surface area contributed by atoms with Crippen molar-refractivity contribution in [3.05, 3.63) is 35.9 Å². The second-order valence-corrected chi connectivity index (χ2v) is 5.18. The summed E-state index contributed by atoms with van der Waals surface area (Å²) in [7, 11) is 0. The van der Waals surface area contributed by atoms with Crippen molar-refractivity contribution in [1.82, 2.24) is 20.4 Å². The van der Waals surface area contributed by atoms with Gasteiger partial charge in [-0.25, -0.2) is 4.98 Å². The SMILES string of the molecule is CCCCOc1cccc(COc2cc(N)nc3n[nH]nc23)c1. The van der Waals surface area contributed by atoms with Gasteiger partial charge in [0, 0.05) is 6.07 Å². The maximum Gasteiger partial charge on any atom is 0.207 e. The van der Waals surface area contributed by atoms with Gasteiger partial charge in [-0.1, -0.05) is 25.5 Å². The fourth-order valence-corrected chi connectivity index (χ4v) is 2.16. The molecule has 0 saturated carbocycles. The number of hydrogen-bond donors (Lipinski definition) is 2. The predicted octanol–water partition coefficient (Wildman–Crippen LogP) is 2.69. The van der Waals surface area contributed by atoms with Gasteiger partial charge in [-0.05, 0) is 24.1 Å². The van der Waals surface area contributed by atoms with Gasteiger partial charge in [-0.15, -0.1) is 5.10 Å². The lowest BCUT2D eigenvalue weighted by atomic mass is 10.2. The summed E-state index contributed by atoms with van der Waals surface area (Å²) in [5.74, 6) is 1.75. The first-order valence-electron chi connectivity index (χ1n) is 7.58. The molecule has 0 fully saturated rings. The molecule has 0 bridgehead atoms. The molecule has 0 aliphatic rings. The molecule has 120 valence electrons. The Kier molecular flexibility index (Phi) is 4.56. The van der Waals surface area contributed by atoms with Gasteiger partial charge in [0.05, 0.1) is 6.61 Å². The lowest BCUT2D eigenvalue weighted by Crippen LogP contribution is -2.00. The molecule has 3 aromatic rings. The van der Waals surface area contributed by atoms with Crippen molar-refractivity contribution in [2.45, 2.75) is 26.4 Å². The standard InChI is InChI=1S/C16H19N5O2/c1-2-3-7-22-12-6-4-5-11(8-12)10-23-13-9-14(17)18-16-15(13)19-21-20-16/h4-6,8-9H,2-3,7,10H2,1H3,(H3,17,18,19,20,21). The summed E-state index contributed by atoms with van der Waals surface area (Å²) in [5.41, 5.74) is 7.76. The zero-order chi connectivity index (χ0) is 16.1.